The lowest BCUT2D eigenvalue weighted by molar-refractivity contribution is -0.120. The van der Waals surface area contributed by atoms with Gasteiger partial charge in [0.1, 0.15) is 12.3 Å². The third-order valence-electron chi connectivity index (χ3n) is 5.23. The van der Waals surface area contributed by atoms with E-state index in [4.69, 9.17) is 4.74 Å². The second-order valence-electron chi connectivity index (χ2n) is 7.68. The number of benzene rings is 3. The van der Waals surface area contributed by atoms with Crippen LogP contribution < -0.4 is 14.4 Å². The lowest BCUT2D eigenvalue weighted by atomic mass is 10.0. The maximum absolute atomic E-state index is 13.4. The number of nitrogens with one attached hydrogen (secondary N) is 1. The largest absolute Gasteiger partial charge is 0.497 e. The topological polar surface area (TPSA) is 75.7 Å². The van der Waals surface area contributed by atoms with Crippen LogP contribution in [0.2, 0.25) is 0 Å². The van der Waals surface area contributed by atoms with Crippen LogP contribution in [0.5, 0.6) is 5.75 Å². The Hall–Kier alpha value is -3.32. The molecule has 0 aromatic heterocycles. The predicted octanol–water partition coefficient (Wildman–Crippen LogP) is 4.38. The molecule has 3 aromatic rings. The SMILES string of the molecule is COc1cccc(N(CC(=O)N[C@H](C)c2ccc(C)cc2C)S(=O)(=O)c2ccccc2)c1. The van der Waals surface area contributed by atoms with Gasteiger partial charge in [0.2, 0.25) is 5.91 Å². The summed E-state index contributed by atoms with van der Waals surface area (Å²) in [5.41, 5.74) is 3.55. The van der Waals surface area contributed by atoms with E-state index in [-0.39, 0.29) is 17.5 Å². The van der Waals surface area contributed by atoms with Crippen LogP contribution in [0.4, 0.5) is 5.69 Å². The molecule has 3 rings (SSSR count). The van der Waals surface area contributed by atoms with Gasteiger partial charge in [-0.05, 0) is 56.2 Å². The molecule has 0 saturated heterocycles. The molecular weight excluding hydrogens is 424 g/mol. The molecule has 0 spiro atoms. The maximum Gasteiger partial charge on any atom is 0.264 e. The molecule has 0 aliphatic carbocycles. The summed E-state index contributed by atoms with van der Waals surface area (Å²) in [7, 11) is -2.46. The number of sulfonamides is 1. The van der Waals surface area contributed by atoms with Crippen molar-refractivity contribution in [1.29, 1.82) is 0 Å². The maximum atomic E-state index is 13.4. The van der Waals surface area contributed by atoms with E-state index in [9.17, 15) is 13.2 Å². The van der Waals surface area contributed by atoms with Gasteiger partial charge in [0.15, 0.2) is 0 Å². The first-order chi connectivity index (χ1) is 15.2. The molecule has 0 radical (unpaired) electrons. The third kappa shape index (κ3) is 5.29. The summed E-state index contributed by atoms with van der Waals surface area (Å²) in [5, 5.41) is 2.93. The molecule has 0 heterocycles. The van der Waals surface area contributed by atoms with E-state index >= 15 is 0 Å². The summed E-state index contributed by atoms with van der Waals surface area (Å²) < 4.78 is 33.2. The highest BCUT2D eigenvalue weighted by Gasteiger charge is 2.28. The Bertz CT molecular complexity index is 1190. The van der Waals surface area contributed by atoms with E-state index in [1.807, 2.05) is 32.9 Å². The van der Waals surface area contributed by atoms with Gasteiger partial charge in [-0.15, -0.1) is 0 Å². The number of ether oxygens (including phenoxy) is 1. The van der Waals surface area contributed by atoms with Crippen LogP contribution in [-0.4, -0.2) is 28.0 Å². The van der Waals surface area contributed by atoms with Crippen LogP contribution in [0.15, 0.2) is 77.7 Å². The number of carbonyl (C=O) groups is 1. The molecule has 0 bridgehead atoms. The highest BCUT2D eigenvalue weighted by molar-refractivity contribution is 7.92. The zero-order chi connectivity index (χ0) is 23.3. The summed E-state index contributed by atoms with van der Waals surface area (Å²) >= 11 is 0. The van der Waals surface area contributed by atoms with E-state index in [0.717, 1.165) is 21.0 Å². The molecular formula is C25H28N2O4S. The lowest BCUT2D eigenvalue weighted by Gasteiger charge is -2.25. The van der Waals surface area contributed by atoms with Crippen LogP contribution >= 0.6 is 0 Å². The normalized spacial score (nSPS) is 12.1. The fourth-order valence-electron chi connectivity index (χ4n) is 3.61. The molecule has 1 amide bonds. The van der Waals surface area contributed by atoms with Gasteiger partial charge < -0.3 is 10.1 Å². The number of aryl methyl sites for hydroxylation is 2. The number of anilines is 1. The van der Waals surface area contributed by atoms with Gasteiger partial charge >= 0.3 is 0 Å². The lowest BCUT2D eigenvalue weighted by Crippen LogP contribution is -2.41. The number of nitrogens with zero attached hydrogens (tertiary/aromatic N) is 1. The first kappa shape index (κ1) is 23.3. The quantitative estimate of drug-likeness (QED) is 0.550. The van der Waals surface area contributed by atoms with Gasteiger partial charge in [0, 0.05) is 6.07 Å². The molecule has 0 fully saturated rings. The molecule has 0 aliphatic rings. The Kier molecular flexibility index (Phi) is 7.20. The summed E-state index contributed by atoms with van der Waals surface area (Å²) in [4.78, 5) is 13.1. The number of rotatable bonds is 8. The van der Waals surface area contributed by atoms with E-state index < -0.39 is 15.9 Å². The third-order valence-corrected chi connectivity index (χ3v) is 7.02. The molecule has 0 unspecified atom stereocenters. The molecule has 6 nitrogen and oxygen atoms in total. The summed E-state index contributed by atoms with van der Waals surface area (Å²) in [6.07, 6.45) is 0. The van der Waals surface area contributed by atoms with Crippen molar-refractivity contribution < 1.29 is 17.9 Å². The summed E-state index contributed by atoms with van der Waals surface area (Å²) in [6, 6.07) is 20.5. The average molecular weight is 453 g/mol. The number of amides is 1. The Morgan fingerprint density at radius 2 is 1.72 bits per heavy atom. The van der Waals surface area contributed by atoms with E-state index in [0.29, 0.717) is 11.4 Å². The van der Waals surface area contributed by atoms with Crippen molar-refractivity contribution in [3.63, 3.8) is 0 Å². The predicted molar refractivity (Wildman–Crippen MR) is 126 cm³/mol. The van der Waals surface area contributed by atoms with Gasteiger partial charge in [-0.2, -0.15) is 0 Å². The number of carbonyl (C=O) groups excluding carboxylic acids is 1. The molecule has 0 aliphatic heterocycles. The van der Waals surface area contributed by atoms with Crippen molar-refractivity contribution in [3.05, 3.63) is 89.5 Å². The molecule has 168 valence electrons. The summed E-state index contributed by atoms with van der Waals surface area (Å²) in [6.45, 7) is 5.53. The smallest absolute Gasteiger partial charge is 0.264 e. The highest BCUT2D eigenvalue weighted by atomic mass is 32.2. The zero-order valence-corrected chi connectivity index (χ0v) is 19.5. The first-order valence-electron chi connectivity index (χ1n) is 10.3. The van der Waals surface area contributed by atoms with E-state index in [1.165, 1.54) is 19.2 Å². The van der Waals surface area contributed by atoms with Crippen LogP contribution in [0, 0.1) is 13.8 Å². The van der Waals surface area contributed by atoms with Crippen LogP contribution in [0.25, 0.3) is 0 Å². The molecule has 32 heavy (non-hydrogen) atoms. The van der Waals surface area contributed by atoms with Crippen molar-refractivity contribution in [2.45, 2.75) is 31.7 Å². The van der Waals surface area contributed by atoms with Gasteiger partial charge in [-0.25, -0.2) is 8.42 Å². The Balaban J connectivity index is 1.90. The van der Waals surface area contributed by atoms with Crippen LogP contribution in [0.1, 0.15) is 29.7 Å². The minimum Gasteiger partial charge on any atom is -0.497 e. The van der Waals surface area contributed by atoms with E-state index in [2.05, 4.69) is 11.4 Å². The number of hydrogen-bond donors (Lipinski definition) is 1. The molecule has 0 saturated carbocycles. The fraction of sp³-hybridized carbons (Fsp3) is 0.240. The number of methoxy groups -OCH3 is 1. The molecule has 3 aromatic carbocycles. The van der Waals surface area contributed by atoms with Crippen molar-refractivity contribution in [1.82, 2.24) is 5.32 Å². The first-order valence-corrected chi connectivity index (χ1v) is 11.7. The van der Waals surface area contributed by atoms with Crippen molar-refractivity contribution in [2.75, 3.05) is 18.0 Å². The molecule has 7 heteroatoms. The van der Waals surface area contributed by atoms with Gasteiger partial charge in [-0.1, -0.05) is 48.0 Å². The number of hydrogen-bond acceptors (Lipinski definition) is 4. The van der Waals surface area contributed by atoms with Crippen LogP contribution in [0.3, 0.4) is 0 Å². The summed E-state index contributed by atoms with van der Waals surface area (Å²) in [5.74, 6) is 0.0969. The van der Waals surface area contributed by atoms with Crippen molar-refractivity contribution >= 4 is 21.6 Å². The minimum absolute atomic E-state index is 0.109. The Morgan fingerprint density at radius 1 is 1.00 bits per heavy atom. The standard InChI is InChI=1S/C25H28N2O4S/c1-18-13-14-24(19(2)15-18)20(3)26-25(28)17-27(21-9-8-10-22(16-21)31-4)32(29,30)23-11-6-5-7-12-23/h5-16,20H,17H2,1-4H3,(H,26,28)/t20-/m1/s1. The highest BCUT2D eigenvalue weighted by Crippen LogP contribution is 2.27. The second-order valence-corrected chi connectivity index (χ2v) is 9.54. The zero-order valence-electron chi connectivity index (χ0n) is 18.7. The second kappa shape index (κ2) is 9.87. The van der Waals surface area contributed by atoms with Crippen molar-refractivity contribution in [2.24, 2.45) is 0 Å². The van der Waals surface area contributed by atoms with Crippen molar-refractivity contribution in [3.8, 4) is 5.75 Å². The van der Waals surface area contributed by atoms with Gasteiger partial charge in [0.25, 0.3) is 10.0 Å². The van der Waals surface area contributed by atoms with Gasteiger partial charge in [-0.3, -0.25) is 9.10 Å². The monoisotopic (exact) mass is 452 g/mol. The van der Waals surface area contributed by atoms with Gasteiger partial charge in [0.05, 0.1) is 23.7 Å². The molecule has 1 N–H and O–H groups in total. The van der Waals surface area contributed by atoms with Crippen LogP contribution in [-0.2, 0) is 14.8 Å². The minimum atomic E-state index is -3.97. The van der Waals surface area contributed by atoms with E-state index in [1.54, 1.807) is 42.5 Å². The fourth-order valence-corrected chi connectivity index (χ4v) is 5.04. The Morgan fingerprint density at radius 3 is 2.38 bits per heavy atom. The average Bonchev–Trinajstić information content (AvgIpc) is 2.77. The Labute approximate surface area is 189 Å². The molecule has 1 atom stereocenters.